The molecule has 0 aliphatic rings. The number of hydrogen-bond donors (Lipinski definition) is 0. The van der Waals surface area contributed by atoms with Gasteiger partial charge in [-0.2, -0.15) is 0 Å². The van der Waals surface area contributed by atoms with Gasteiger partial charge in [0.1, 0.15) is 0 Å². The fourth-order valence-corrected chi connectivity index (χ4v) is 1.91. The summed E-state index contributed by atoms with van der Waals surface area (Å²) in [6.07, 6.45) is 8.67. The zero-order valence-electron chi connectivity index (χ0n) is 9.78. The van der Waals surface area contributed by atoms with E-state index in [2.05, 4.69) is 49.9 Å². The van der Waals surface area contributed by atoms with Crippen molar-refractivity contribution in [1.29, 1.82) is 0 Å². The summed E-state index contributed by atoms with van der Waals surface area (Å²) < 4.78 is 0. The van der Waals surface area contributed by atoms with E-state index in [1.165, 1.54) is 37.7 Å². The Morgan fingerprint density at radius 2 is 1.87 bits per heavy atom. The Kier molecular flexibility index (Phi) is 5.84. The fourth-order valence-electron chi connectivity index (χ4n) is 1.91. The third-order valence-electron chi connectivity index (χ3n) is 2.88. The molecule has 1 atom stereocenters. The summed E-state index contributed by atoms with van der Waals surface area (Å²) in [4.78, 5) is 0. The molecule has 0 bridgehead atoms. The molecule has 0 amide bonds. The first kappa shape index (κ1) is 12.0. The van der Waals surface area contributed by atoms with Gasteiger partial charge < -0.3 is 0 Å². The van der Waals surface area contributed by atoms with Crippen LogP contribution >= 0.6 is 0 Å². The summed E-state index contributed by atoms with van der Waals surface area (Å²) in [7, 11) is 0. The molecule has 15 heavy (non-hydrogen) atoms. The van der Waals surface area contributed by atoms with E-state index >= 15 is 0 Å². The molecule has 0 heterocycles. The predicted molar refractivity (Wildman–Crippen MR) is 68.1 cm³/mol. The highest BCUT2D eigenvalue weighted by Gasteiger charge is 2.05. The molecule has 82 valence electrons. The van der Waals surface area contributed by atoms with Gasteiger partial charge in [-0.25, -0.2) is 0 Å². The first-order valence-corrected chi connectivity index (χ1v) is 6.06. The van der Waals surface area contributed by atoms with Gasteiger partial charge in [-0.15, -0.1) is 6.58 Å². The van der Waals surface area contributed by atoms with Crippen LogP contribution in [-0.2, 0) is 0 Å². The number of rotatable bonds is 7. The molecule has 0 aromatic heterocycles. The van der Waals surface area contributed by atoms with E-state index in [0.29, 0.717) is 5.92 Å². The highest BCUT2D eigenvalue weighted by molar-refractivity contribution is 5.22. The summed E-state index contributed by atoms with van der Waals surface area (Å²) in [5, 5.41) is 0. The number of benzene rings is 1. The first-order valence-electron chi connectivity index (χ1n) is 6.06. The highest BCUT2D eigenvalue weighted by Crippen LogP contribution is 2.23. The quantitative estimate of drug-likeness (QED) is 0.434. The van der Waals surface area contributed by atoms with E-state index in [9.17, 15) is 0 Å². The van der Waals surface area contributed by atoms with Gasteiger partial charge in [0.05, 0.1) is 0 Å². The molecule has 0 aliphatic carbocycles. The van der Waals surface area contributed by atoms with Crippen molar-refractivity contribution in [3.63, 3.8) is 0 Å². The molecule has 1 aromatic carbocycles. The van der Waals surface area contributed by atoms with Crippen LogP contribution in [0.4, 0.5) is 0 Å². The topological polar surface area (TPSA) is 0 Å². The molecule has 0 nitrogen and oxygen atoms in total. The lowest BCUT2D eigenvalue weighted by atomic mass is 9.93. The molecule has 1 aromatic rings. The van der Waals surface area contributed by atoms with Gasteiger partial charge in [-0.1, -0.05) is 69.0 Å². The molecule has 0 spiro atoms. The standard InChI is InChI=1S/C15H22/c1-3-5-6-8-11-14(4-2)15-12-9-7-10-13-15/h4,7,9-10,12-14H,2-3,5-6,8,11H2,1H3/t14-/m1/s1. The molecule has 0 heteroatoms. The minimum atomic E-state index is 0.544. The van der Waals surface area contributed by atoms with Crippen molar-refractivity contribution in [2.75, 3.05) is 0 Å². The van der Waals surface area contributed by atoms with Crippen molar-refractivity contribution < 1.29 is 0 Å². The van der Waals surface area contributed by atoms with Crippen molar-refractivity contribution in [3.8, 4) is 0 Å². The Hall–Kier alpha value is -1.04. The lowest BCUT2D eigenvalue weighted by molar-refractivity contribution is 0.604. The summed E-state index contributed by atoms with van der Waals surface area (Å²) in [6, 6.07) is 10.7. The van der Waals surface area contributed by atoms with E-state index in [1.807, 2.05) is 0 Å². The minimum Gasteiger partial charge on any atom is -0.102 e. The highest BCUT2D eigenvalue weighted by atomic mass is 14.1. The maximum Gasteiger partial charge on any atom is 0.00152 e. The van der Waals surface area contributed by atoms with Crippen LogP contribution in [0.3, 0.4) is 0 Å². The predicted octanol–water partition coefficient (Wildman–Crippen LogP) is 4.93. The summed E-state index contributed by atoms with van der Waals surface area (Å²) >= 11 is 0. The number of allylic oxidation sites excluding steroid dienone is 1. The molecule has 0 radical (unpaired) electrons. The first-order chi connectivity index (χ1) is 7.38. The van der Waals surface area contributed by atoms with Crippen molar-refractivity contribution in [2.24, 2.45) is 0 Å². The summed E-state index contributed by atoms with van der Waals surface area (Å²) in [5.74, 6) is 0.544. The molecule has 0 fully saturated rings. The largest absolute Gasteiger partial charge is 0.102 e. The lowest BCUT2D eigenvalue weighted by Crippen LogP contribution is -1.94. The van der Waals surface area contributed by atoms with Gasteiger partial charge in [0, 0.05) is 5.92 Å². The summed E-state index contributed by atoms with van der Waals surface area (Å²) in [5.41, 5.74) is 1.41. The van der Waals surface area contributed by atoms with Crippen LogP contribution in [0.25, 0.3) is 0 Å². The lowest BCUT2D eigenvalue weighted by Gasteiger charge is -2.12. The zero-order valence-corrected chi connectivity index (χ0v) is 9.78. The van der Waals surface area contributed by atoms with Crippen molar-refractivity contribution in [3.05, 3.63) is 48.6 Å². The third kappa shape index (κ3) is 4.33. The van der Waals surface area contributed by atoms with E-state index in [4.69, 9.17) is 0 Å². The van der Waals surface area contributed by atoms with E-state index in [0.717, 1.165) is 0 Å². The second-order valence-corrected chi connectivity index (χ2v) is 4.10. The second kappa shape index (κ2) is 7.28. The zero-order chi connectivity index (χ0) is 10.9. The van der Waals surface area contributed by atoms with Crippen LogP contribution in [0, 0.1) is 0 Å². The second-order valence-electron chi connectivity index (χ2n) is 4.10. The van der Waals surface area contributed by atoms with Gasteiger partial charge in [0.2, 0.25) is 0 Å². The Morgan fingerprint density at radius 3 is 2.47 bits per heavy atom. The SMILES string of the molecule is C=C[C@H](CCCCCC)c1ccccc1. The van der Waals surface area contributed by atoms with Crippen LogP contribution in [-0.4, -0.2) is 0 Å². The molecular formula is C15H22. The molecule has 0 unspecified atom stereocenters. The molecule has 0 aliphatic heterocycles. The Labute approximate surface area is 94.0 Å². The Balaban J connectivity index is 2.39. The third-order valence-corrected chi connectivity index (χ3v) is 2.88. The number of hydrogen-bond acceptors (Lipinski definition) is 0. The molecule has 0 saturated carbocycles. The van der Waals surface area contributed by atoms with Gasteiger partial charge in [0.25, 0.3) is 0 Å². The monoisotopic (exact) mass is 202 g/mol. The summed E-state index contributed by atoms with van der Waals surface area (Å²) in [6.45, 7) is 6.19. The van der Waals surface area contributed by atoms with Gasteiger partial charge >= 0.3 is 0 Å². The molecule has 0 saturated heterocycles. The maximum absolute atomic E-state index is 3.94. The van der Waals surface area contributed by atoms with Crippen LogP contribution in [0.5, 0.6) is 0 Å². The molecular weight excluding hydrogens is 180 g/mol. The Morgan fingerprint density at radius 1 is 1.13 bits per heavy atom. The van der Waals surface area contributed by atoms with Crippen molar-refractivity contribution in [1.82, 2.24) is 0 Å². The minimum absolute atomic E-state index is 0.544. The maximum atomic E-state index is 3.94. The average molecular weight is 202 g/mol. The van der Waals surface area contributed by atoms with Gasteiger partial charge in [-0.3, -0.25) is 0 Å². The van der Waals surface area contributed by atoms with Crippen LogP contribution in [0.15, 0.2) is 43.0 Å². The average Bonchev–Trinajstić information content (AvgIpc) is 2.30. The fraction of sp³-hybridized carbons (Fsp3) is 0.467. The van der Waals surface area contributed by atoms with Crippen LogP contribution in [0.2, 0.25) is 0 Å². The van der Waals surface area contributed by atoms with Crippen LogP contribution in [0.1, 0.15) is 50.5 Å². The van der Waals surface area contributed by atoms with E-state index in [-0.39, 0.29) is 0 Å². The van der Waals surface area contributed by atoms with E-state index in [1.54, 1.807) is 0 Å². The smallest absolute Gasteiger partial charge is 0.00152 e. The molecule has 1 rings (SSSR count). The Bertz CT molecular complexity index is 261. The van der Waals surface area contributed by atoms with Crippen molar-refractivity contribution >= 4 is 0 Å². The normalized spacial score (nSPS) is 12.3. The number of unbranched alkanes of at least 4 members (excludes halogenated alkanes) is 3. The van der Waals surface area contributed by atoms with E-state index < -0.39 is 0 Å². The molecule has 0 N–H and O–H groups in total. The van der Waals surface area contributed by atoms with Gasteiger partial charge in [0.15, 0.2) is 0 Å². The van der Waals surface area contributed by atoms with Gasteiger partial charge in [-0.05, 0) is 12.0 Å². The van der Waals surface area contributed by atoms with Crippen LogP contribution < -0.4 is 0 Å². The van der Waals surface area contributed by atoms with Crippen molar-refractivity contribution in [2.45, 2.75) is 44.9 Å².